The zero-order chi connectivity index (χ0) is 18.5. The van der Waals surface area contributed by atoms with E-state index >= 15 is 0 Å². The molecule has 140 valence electrons. The van der Waals surface area contributed by atoms with Gasteiger partial charge in [-0.1, -0.05) is 12.1 Å². The number of benzene rings is 1. The summed E-state index contributed by atoms with van der Waals surface area (Å²) in [5.74, 6) is 0.998. The number of nitrogens with one attached hydrogen (secondary N) is 1. The van der Waals surface area contributed by atoms with Crippen LogP contribution in [0.2, 0.25) is 0 Å². The minimum absolute atomic E-state index is 0.868. The molecule has 0 unspecified atom stereocenters. The number of hydrogen-bond donors (Lipinski definition) is 1. The molecule has 26 heavy (non-hydrogen) atoms. The molecule has 0 bridgehead atoms. The summed E-state index contributed by atoms with van der Waals surface area (Å²) in [5.41, 5.74) is 5.28. The first kappa shape index (κ1) is 18.7. The second-order valence-electron chi connectivity index (χ2n) is 6.77. The van der Waals surface area contributed by atoms with Crippen LogP contribution in [0.1, 0.15) is 21.8 Å². The van der Waals surface area contributed by atoms with Crippen LogP contribution in [0.25, 0.3) is 0 Å². The lowest BCUT2D eigenvalue weighted by Crippen LogP contribution is -2.53. The van der Waals surface area contributed by atoms with E-state index in [2.05, 4.69) is 69.4 Å². The van der Waals surface area contributed by atoms with Crippen molar-refractivity contribution in [1.29, 1.82) is 0 Å². The van der Waals surface area contributed by atoms with E-state index in [1.807, 2.05) is 7.05 Å². The zero-order valence-corrected chi connectivity index (χ0v) is 17.1. The first-order valence-electron chi connectivity index (χ1n) is 9.26. The third-order valence-electron chi connectivity index (χ3n) is 5.04. The van der Waals surface area contributed by atoms with Crippen molar-refractivity contribution in [2.24, 2.45) is 4.99 Å². The molecule has 1 aromatic heterocycles. The molecule has 1 fully saturated rings. The van der Waals surface area contributed by atoms with Gasteiger partial charge in [0.2, 0.25) is 0 Å². The van der Waals surface area contributed by atoms with Crippen molar-refractivity contribution in [3.05, 3.63) is 45.4 Å². The van der Waals surface area contributed by atoms with Gasteiger partial charge in [-0.3, -0.25) is 4.99 Å². The van der Waals surface area contributed by atoms with Crippen LogP contribution in [0, 0.1) is 20.8 Å². The number of piperazine rings is 1. The zero-order valence-electron chi connectivity index (χ0n) is 16.2. The standard InChI is InChI=1S/C20H29N5S/c1-15-6-5-7-19(16(15)2)24-10-12-25(13-11-24)20(21-4)22-9-8-18-14-26-17(3)23-18/h5-7,14H,8-13H2,1-4H3,(H,21,22). The van der Waals surface area contributed by atoms with Crippen LogP contribution in [0.15, 0.2) is 28.6 Å². The average Bonchev–Trinajstić information content (AvgIpc) is 3.07. The van der Waals surface area contributed by atoms with E-state index < -0.39 is 0 Å². The van der Waals surface area contributed by atoms with E-state index in [-0.39, 0.29) is 0 Å². The lowest BCUT2D eigenvalue weighted by molar-refractivity contribution is 0.372. The maximum Gasteiger partial charge on any atom is 0.193 e. The maximum absolute atomic E-state index is 4.52. The molecule has 0 aliphatic carbocycles. The normalized spacial score (nSPS) is 15.5. The Balaban J connectivity index is 1.51. The molecule has 3 rings (SSSR count). The van der Waals surface area contributed by atoms with Crippen LogP contribution in [0.4, 0.5) is 5.69 Å². The first-order valence-corrected chi connectivity index (χ1v) is 10.1. The van der Waals surface area contributed by atoms with Crippen molar-refractivity contribution >= 4 is 23.0 Å². The Hall–Kier alpha value is -2.08. The maximum atomic E-state index is 4.52. The van der Waals surface area contributed by atoms with Gasteiger partial charge in [0.25, 0.3) is 0 Å². The number of thiazole rings is 1. The average molecular weight is 372 g/mol. The molecule has 2 heterocycles. The van der Waals surface area contributed by atoms with Gasteiger partial charge in [-0.2, -0.15) is 0 Å². The molecular weight excluding hydrogens is 342 g/mol. The lowest BCUT2D eigenvalue weighted by Gasteiger charge is -2.38. The summed E-state index contributed by atoms with van der Waals surface area (Å²) in [4.78, 5) is 13.8. The molecule has 1 aliphatic rings. The molecule has 1 aliphatic heterocycles. The van der Waals surface area contributed by atoms with Gasteiger partial charge in [0, 0.05) is 57.3 Å². The SMILES string of the molecule is CN=C(NCCc1csc(C)n1)N1CCN(c2cccc(C)c2C)CC1. The topological polar surface area (TPSA) is 43.8 Å². The van der Waals surface area contributed by atoms with Crippen molar-refractivity contribution in [3.8, 4) is 0 Å². The van der Waals surface area contributed by atoms with E-state index in [1.54, 1.807) is 11.3 Å². The number of aliphatic imine (C=N–C) groups is 1. The molecule has 2 aromatic rings. The van der Waals surface area contributed by atoms with Gasteiger partial charge in [-0.15, -0.1) is 11.3 Å². The number of nitrogens with zero attached hydrogens (tertiary/aromatic N) is 4. The highest BCUT2D eigenvalue weighted by molar-refractivity contribution is 7.09. The predicted octanol–water partition coefficient (Wildman–Crippen LogP) is 3.01. The third-order valence-corrected chi connectivity index (χ3v) is 5.86. The molecule has 0 atom stereocenters. The van der Waals surface area contributed by atoms with Gasteiger partial charge in [0.05, 0.1) is 10.7 Å². The van der Waals surface area contributed by atoms with Gasteiger partial charge < -0.3 is 15.1 Å². The number of aryl methyl sites for hydroxylation is 2. The molecule has 0 saturated carbocycles. The van der Waals surface area contributed by atoms with Crippen LogP contribution in [-0.4, -0.2) is 55.6 Å². The Bertz CT molecular complexity index is 759. The summed E-state index contributed by atoms with van der Waals surface area (Å²) in [7, 11) is 1.87. The highest BCUT2D eigenvalue weighted by Gasteiger charge is 2.20. The van der Waals surface area contributed by atoms with E-state index in [1.165, 1.54) is 16.8 Å². The molecule has 0 spiro atoms. The van der Waals surface area contributed by atoms with Gasteiger partial charge in [-0.05, 0) is 38.0 Å². The number of anilines is 1. The molecular formula is C20H29N5S. The minimum atomic E-state index is 0.868. The Kier molecular flexibility index (Phi) is 6.14. The summed E-state index contributed by atoms with van der Waals surface area (Å²) in [6.45, 7) is 11.4. The van der Waals surface area contributed by atoms with Gasteiger partial charge in [0.1, 0.15) is 0 Å². The summed E-state index contributed by atoms with van der Waals surface area (Å²) in [5, 5.41) is 6.77. The molecule has 0 amide bonds. The molecule has 1 N–H and O–H groups in total. The van der Waals surface area contributed by atoms with Crippen LogP contribution in [0.5, 0.6) is 0 Å². The minimum Gasteiger partial charge on any atom is -0.368 e. The summed E-state index contributed by atoms with van der Waals surface area (Å²) < 4.78 is 0. The Morgan fingerprint density at radius 2 is 1.96 bits per heavy atom. The van der Waals surface area contributed by atoms with Crippen LogP contribution < -0.4 is 10.2 Å². The van der Waals surface area contributed by atoms with Gasteiger partial charge >= 0.3 is 0 Å². The highest BCUT2D eigenvalue weighted by Crippen LogP contribution is 2.23. The summed E-state index contributed by atoms with van der Waals surface area (Å²) in [6, 6.07) is 6.58. The fourth-order valence-corrected chi connectivity index (χ4v) is 4.04. The third kappa shape index (κ3) is 4.36. The lowest BCUT2D eigenvalue weighted by atomic mass is 10.1. The van der Waals surface area contributed by atoms with Crippen molar-refractivity contribution in [3.63, 3.8) is 0 Å². The van der Waals surface area contributed by atoms with Crippen LogP contribution in [0.3, 0.4) is 0 Å². The molecule has 5 nitrogen and oxygen atoms in total. The summed E-state index contributed by atoms with van der Waals surface area (Å²) >= 11 is 1.71. The quantitative estimate of drug-likeness (QED) is 0.663. The van der Waals surface area contributed by atoms with Gasteiger partial charge in [-0.25, -0.2) is 4.98 Å². The molecule has 0 radical (unpaired) electrons. The second-order valence-corrected chi connectivity index (χ2v) is 7.84. The van der Waals surface area contributed by atoms with Crippen molar-refractivity contribution in [2.45, 2.75) is 27.2 Å². The smallest absolute Gasteiger partial charge is 0.193 e. The summed E-state index contributed by atoms with van der Waals surface area (Å²) in [6.07, 6.45) is 0.936. The Morgan fingerprint density at radius 3 is 2.62 bits per heavy atom. The molecule has 6 heteroatoms. The molecule has 1 saturated heterocycles. The van der Waals surface area contributed by atoms with Gasteiger partial charge in [0.15, 0.2) is 5.96 Å². The van der Waals surface area contributed by atoms with E-state index in [0.717, 1.165) is 55.8 Å². The molecule has 1 aromatic carbocycles. The first-order chi connectivity index (χ1) is 12.6. The monoisotopic (exact) mass is 371 g/mol. The van der Waals surface area contributed by atoms with E-state index in [4.69, 9.17) is 0 Å². The number of hydrogen-bond acceptors (Lipinski definition) is 4. The van der Waals surface area contributed by atoms with Crippen molar-refractivity contribution in [1.82, 2.24) is 15.2 Å². The van der Waals surface area contributed by atoms with Crippen LogP contribution >= 0.6 is 11.3 Å². The van der Waals surface area contributed by atoms with Crippen LogP contribution in [-0.2, 0) is 6.42 Å². The van der Waals surface area contributed by atoms with E-state index in [0.29, 0.717) is 0 Å². The second kappa shape index (κ2) is 8.54. The number of rotatable bonds is 4. The van der Waals surface area contributed by atoms with Crippen molar-refractivity contribution in [2.75, 3.05) is 44.7 Å². The highest BCUT2D eigenvalue weighted by atomic mass is 32.1. The largest absolute Gasteiger partial charge is 0.368 e. The van der Waals surface area contributed by atoms with Crippen molar-refractivity contribution < 1.29 is 0 Å². The fraction of sp³-hybridized carbons (Fsp3) is 0.500. The fourth-order valence-electron chi connectivity index (χ4n) is 3.40. The number of guanidine groups is 1. The Labute approximate surface area is 160 Å². The number of aromatic nitrogens is 1. The van der Waals surface area contributed by atoms with E-state index in [9.17, 15) is 0 Å². The Morgan fingerprint density at radius 1 is 1.19 bits per heavy atom. The predicted molar refractivity (Wildman–Crippen MR) is 112 cm³/mol.